The molecule has 0 atom stereocenters. The molecule has 0 aliphatic rings. The Kier molecular flexibility index (Phi) is 3.62. The molecule has 0 aliphatic heterocycles. The molecule has 1 aromatic heterocycles. The molecular weight excluding hydrogens is 204 g/mol. The summed E-state index contributed by atoms with van der Waals surface area (Å²) in [7, 11) is -3.40. The molecule has 1 aromatic rings. The Balaban J connectivity index is 2.45. The first kappa shape index (κ1) is 11.2. The van der Waals surface area contributed by atoms with Gasteiger partial charge in [-0.15, -0.1) is 0 Å². The van der Waals surface area contributed by atoms with Gasteiger partial charge in [-0.1, -0.05) is 0 Å². The Morgan fingerprint density at radius 1 is 1.57 bits per heavy atom. The third-order valence-electron chi connectivity index (χ3n) is 1.41. The van der Waals surface area contributed by atoms with Gasteiger partial charge in [-0.3, -0.25) is 5.10 Å². The van der Waals surface area contributed by atoms with Gasteiger partial charge in [-0.25, -0.2) is 0 Å². The molecule has 7 heteroatoms. The van der Waals surface area contributed by atoms with Crippen molar-refractivity contribution in [3.8, 4) is 0 Å². The summed E-state index contributed by atoms with van der Waals surface area (Å²) in [5.41, 5.74) is 0.791. The van der Waals surface area contributed by atoms with Crippen molar-refractivity contribution in [2.24, 2.45) is 0 Å². The Bertz CT molecular complexity index is 357. The fourth-order valence-electron chi connectivity index (χ4n) is 0.905. The first-order valence-electron chi connectivity index (χ1n) is 4.24. The predicted molar refractivity (Wildman–Crippen MR) is 52.6 cm³/mol. The number of aromatic amines is 1. The Hall–Kier alpha value is -0.920. The Labute approximate surface area is 83.3 Å². The van der Waals surface area contributed by atoms with Gasteiger partial charge in [0.05, 0.1) is 6.20 Å². The zero-order valence-corrected chi connectivity index (χ0v) is 8.93. The molecule has 0 amide bonds. The molecule has 0 fully saturated rings. The number of aromatic nitrogens is 2. The molecule has 1 rings (SSSR count). The lowest BCUT2D eigenvalue weighted by molar-refractivity contribution is 0.554. The zero-order chi connectivity index (χ0) is 10.6. The maximum atomic E-state index is 11.3. The van der Waals surface area contributed by atoms with Crippen LogP contribution >= 0.6 is 0 Å². The molecular formula is C7H14N4O2S. The summed E-state index contributed by atoms with van der Waals surface area (Å²) in [5, 5.41) is 6.31. The monoisotopic (exact) mass is 218 g/mol. The summed E-state index contributed by atoms with van der Waals surface area (Å²) in [5.74, 6) is 0. The third-order valence-corrected chi connectivity index (χ3v) is 2.72. The lowest BCUT2D eigenvalue weighted by Gasteiger charge is -2.09. The van der Waals surface area contributed by atoms with Crippen molar-refractivity contribution in [2.45, 2.75) is 26.4 Å². The highest BCUT2D eigenvalue weighted by Crippen LogP contribution is 1.93. The second-order valence-corrected chi connectivity index (χ2v) is 4.73. The summed E-state index contributed by atoms with van der Waals surface area (Å²) in [4.78, 5) is 0. The normalized spacial score (nSPS) is 12.2. The van der Waals surface area contributed by atoms with Crippen LogP contribution in [0, 0.1) is 0 Å². The van der Waals surface area contributed by atoms with Gasteiger partial charge in [0, 0.05) is 24.3 Å². The van der Waals surface area contributed by atoms with Crippen LogP contribution in [0.4, 0.5) is 0 Å². The van der Waals surface area contributed by atoms with Gasteiger partial charge in [0.2, 0.25) is 0 Å². The van der Waals surface area contributed by atoms with E-state index in [1.807, 2.05) is 0 Å². The van der Waals surface area contributed by atoms with Crippen LogP contribution in [0.15, 0.2) is 12.4 Å². The quantitative estimate of drug-likeness (QED) is 0.636. The van der Waals surface area contributed by atoms with E-state index in [-0.39, 0.29) is 12.6 Å². The van der Waals surface area contributed by atoms with Crippen LogP contribution in [-0.4, -0.2) is 24.7 Å². The zero-order valence-electron chi connectivity index (χ0n) is 8.11. The van der Waals surface area contributed by atoms with Crippen LogP contribution in [0.1, 0.15) is 19.4 Å². The predicted octanol–water partition coefficient (Wildman–Crippen LogP) is -0.258. The maximum Gasteiger partial charge on any atom is 0.277 e. The fraction of sp³-hybridized carbons (Fsp3) is 0.571. The van der Waals surface area contributed by atoms with E-state index in [1.165, 1.54) is 0 Å². The van der Waals surface area contributed by atoms with Crippen LogP contribution in [0.5, 0.6) is 0 Å². The molecule has 14 heavy (non-hydrogen) atoms. The number of hydrogen-bond donors (Lipinski definition) is 3. The second kappa shape index (κ2) is 4.54. The molecule has 1 heterocycles. The van der Waals surface area contributed by atoms with E-state index < -0.39 is 10.2 Å². The summed E-state index contributed by atoms with van der Waals surface area (Å²) >= 11 is 0. The molecule has 0 aromatic carbocycles. The largest absolute Gasteiger partial charge is 0.285 e. The highest BCUT2D eigenvalue weighted by molar-refractivity contribution is 7.87. The molecule has 3 N–H and O–H groups in total. The van der Waals surface area contributed by atoms with E-state index in [0.29, 0.717) is 0 Å². The van der Waals surface area contributed by atoms with Crippen molar-refractivity contribution in [1.29, 1.82) is 0 Å². The van der Waals surface area contributed by atoms with Crippen molar-refractivity contribution < 1.29 is 8.42 Å². The summed E-state index contributed by atoms with van der Waals surface area (Å²) in [6, 6.07) is -0.114. The van der Waals surface area contributed by atoms with Gasteiger partial charge in [0.1, 0.15) is 0 Å². The van der Waals surface area contributed by atoms with Crippen molar-refractivity contribution >= 4 is 10.2 Å². The molecule has 6 nitrogen and oxygen atoms in total. The number of nitrogens with one attached hydrogen (secondary N) is 3. The summed E-state index contributed by atoms with van der Waals surface area (Å²) < 4.78 is 27.4. The molecule has 0 spiro atoms. The minimum atomic E-state index is -3.40. The van der Waals surface area contributed by atoms with Crippen LogP contribution in [0.3, 0.4) is 0 Å². The van der Waals surface area contributed by atoms with E-state index >= 15 is 0 Å². The SMILES string of the molecule is CC(C)NS(=O)(=O)NCc1cn[nH]c1. The van der Waals surface area contributed by atoms with Crippen molar-refractivity contribution in [1.82, 2.24) is 19.6 Å². The van der Waals surface area contributed by atoms with E-state index in [2.05, 4.69) is 19.6 Å². The smallest absolute Gasteiger partial charge is 0.277 e. The van der Waals surface area contributed by atoms with E-state index in [0.717, 1.165) is 5.56 Å². The molecule has 0 aliphatic carbocycles. The Morgan fingerprint density at radius 2 is 2.29 bits per heavy atom. The van der Waals surface area contributed by atoms with Crippen LogP contribution < -0.4 is 9.44 Å². The lowest BCUT2D eigenvalue weighted by atomic mass is 10.4. The lowest BCUT2D eigenvalue weighted by Crippen LogP contribution is -2.39. The standard InChI is InChI=1S/C7H14N4O2S/c1-6(2)11-14(12,13)10-5-7-3-8-9-4-7/h3-4,6,10-11H,5H2,1-2H3,(H,8,9). The van der Waals surface area contributed by atoms with Gasteiger partial charge in [0.15, 0.2) is 0 Å². The van der Waals surface area contributed by atoms with Gasteiger partial charge in [-0.05, 0) is 13.8 Å². The molecule has 0 bridgehead atoms. The van der Waals surface area contributed by atoms with Crippen molar-refractivity contribution in [3.63, 3.8) is 0 Å². The average Bonchev–Trinajstić information content (AvgIpc) is 2.50. The van der Waals surface area contributed by atoms with Gasteiger partial charge in [0.25, 0.3) is 10.2 Å². The summed E-state index contributed by atoms with van der Waals surface area (Å²) in [6.07, 6.45) is 3.20. The first-order valence-corrected chi connectivity index (χ1v) is 5.72. The van der Waals surface area contributed by atoms with E-state index in [9.17, 15) is 8.42 Å². The van der Waals surface area contributed by atoms with Gasteiger partial charge >= 0.3 is 0 Å². The molecule has 80 valence electrons. The van der Waals surface area contributed by atoms with Crippen molar-refractivity contribution in [2.75, 3.05) is 0 Å². The molecule has 0 radical (unpaired) electrons. The first-order chi connectivity index (χ1) is 6.49. The third kappa shape index (κ3) is 3.86. The minimum absolute atomic E-state index is 0.114. The fourth-order valence-corrected chi connectivity index (χ4v) is 1.97. The number of rotatable bonds is 5. The van der Waals surface area contributed by atoms with Crippen molar-refractivity contribution in [3.05, 3.63) is 18.0 Å². The average molecular weight is 218 g/mol. The molecule has 0 saturated heterocycles. The van der Waals surface area contributed by atoms with Crippen LogP contribution in [-0.2, 0) is 16.8 Å². The van der Waals surface area contributed by atoms with E-state index in [4.69, 9.17) is 0 Å². The van der Waals surface area contributed by atoms with E-state index in [1.54, 1.807) is 26.2 Å². The topological polar surface area (TPSA) is 86.9 Å². The maximum absolute atomic E-state index is 11.3. The summed E-state index contributed by atoms with van der Waals surface area (Å²) in [6.45, 7) is 3.76. The highest BCUT2D eigenvalue weighted by atomic mass is 32.2. The number of hydrogen-bond acceptors (Lipinski definition) is 3. The second-order valence-electron chi connectivity index (χ2n) is 3.20. The molecule has 0 saturated carbocycles. The Morgan fingerprint density at radius 3 is 2.79 bits per heavy atom. The number of H-pyrrole nitrogens is 1. The number of nitrogens with zero attached hydrogens (tertiary/aromatic N) is 1. The van der Waals surface area contributed by atoms with Gasteiger partial charge in [-0.2, -0.15) is 23.0 Å². The molecule has 0 unspecified atom stereocenters. The van der Waals surface area contributed by atoms with Gasteiger partial charge < -0.3 is 0 Å². The van der Waals surface area contributed by atoms with Crippen LogP contribution in [0.2, 0.25) is 0 Å². The highest BCUT2D eigenvalue weighted by Gasteiger charge is 2.10. The minimum Gasteiger partial charge on any atom is -0.285 e. The van der Waals surface area contributed by atoms with Crippen LogP contribution in [0.25, 0.3) is 0 Å².